The van der Waals surface area contributed by atoms with Crippen molar-refractivity contribution in [3.05, 3.63) is 71.0 Å². The zero-order chi connectivity index (χ0) is 21.8. The number of benzene rings is 2. The Morgan fingerprint density at radius 3 is 1.72 bits per heavy atom. The van der Waals surface area contributed by atoms with Gasteiger partial charge in [-0.05, 0) is 60.8 Å². The molecule has 0 saturated carbocycles. The van der Waals surface area contributed by atoms with Crippen molar-refractivity contribution >= 4 is 50.8 Å². The van der Waals surface area contributed by atoms with E-state index in [2.05, 4.69) is 57.9 Å². The smallest absolute Gasteiger partial charge is 0.169 e. The first kappa shape index (κ1) is 20.4. The van der Waals surface area contributed by atoms with E-state index in [9.17, 15) is 4.79 Å². The van der Waals surface area contributed by atoms with Crippen LogP contribution in [0.3, 0.4) is 0 Å². The summed E-state index contributed by atoms with van der Waals surface area (Å²) >= 11 is 13.3. The molecule has 0 amide bonds. The first-order chi connectivity index (χ1) is 15.6. The Balaban J connectivity index is 1.23. The van der Waals surface area contributed by atoms with Gasteiger partial charge in [0.15, 0.2) is 5.78 Å². The highest BCUT2D eigenvalue weighted by atomic mass is 35.5. The number of carbonyl (C=O) groups is 1. The lowest BCUT2D eigenvalue weighted by molar-refractivity contribution is -0.118. The van der Waals surface area contributed by atoms with Crippen LogP contribution in [-0.2, 0) is 43.6 Å². The number of hydrogen-bond donors (Lipinski definition) is 0. The average Bonchev–Trinajstić information content (AvgIpc) is 3.34. The summed E-state index contributed by atoms with van der Waals surface area (Å²) in [6.45, 7) is 2.05. The molecule has 0 bridgehead atoms. The number of halogens is 2. The van der Waals surface area contributed by atoms with Gasteiger partial charge in [0.1, 0.15) is 0 Å². The molecule has 0 saturated heterocycles. The van der Waals surface area contributed by atoms with Gasteiger partial charge in [0, 0.05) is 36.3 Å². The molecule has 0 radical (unpaired) electrons. The number of aromatic nitrogens is 2. The normalized spacial score (nSPS) is 17.1. The molecule has 3 nitrogen and oxygen atoms in total. The molecular formula is C27H26Cl2N2O. The molecule has 0 spiro atoms. The van der Waals surface area contributed by atoms with Crippen LogP contribution >= 0.6 is 23.2 Å². The standard InChI is InChI=1S/C27H26Cl2N2O/c28-23(13-19-15-30-11-3-7-17-5-1-9-21(19)25(17)30)27(32)24(29)14-20-16-31-12-4-8-18-6-2-10-22(20)26(18)31/h1-2,5-6,9-10,15-16,23-24H,3-4,7-8,11-14H2. The van der Waals surface area contributed by atoms with Crippen LogP contribution in [0.25, 0.3) is 21.8 Å². The summed E-state index contributed by atoms with van der Waals surface area (Å²) in [6.07, 6.45) is 9.94. The van der Waals surface area contributed by atoms with Gasteiger partial charge in [0.05, 0.1) is 21.8 Å². The van der Waals surface area contributed by atoms with Gasteiger partial charge < -0.3 is 9.13 Å². The van der Waals surface area contributed by atoms with Gasteiger partial charge in [0.2, 0.25) is 0 Å². The molecular weight excluding hydrogens is 439 g/mol. The number of rotatable bonds is 6. The van der Waals surface area contributed by atoms with Crippen molar-refractivity contribution in [3.8, 4) is 0 Å². The molecule has 4 heterocycles. The third kappa shape index (κ3) is 3.29. The summed E-state index contributed by atoms with van der Waals surface area (Å²) in [5.41, 5.74) is 7.69. The third-order valence-corrected chi connectivity index (χ3v) is 7.97. The minimum Gasteiger partial charge on any atom is -0.347 e. The molecule has 0 fully saturated rings. The maximum atomic E-state index is 13.2. The van der Waals surface area contributed by atoms with Crippen LogP contribution in [0.1, 0.15) is 35.1 Å². The summed E-state index contributed by atoms with van der Waals surface area (Å²) in [6, 6.07) is 12.9. The zero-order valence-electron chi connectivity index (χ0n) is 18.0. The predicted molar refractivity (Wildman–Crippen MR) is 132 cm³/mol. The van der Waals surface area contributed by atoms with E-state index in [-0.39, 0.29) is 5.78 Å². The minimum absolute atomic E-state index is 0.0767. The lowest BCUT2D eigenvalue weighted by Crippen LogP contribution is -2.28. The second-order valence-corrected chi connectivity index (χ2v) is 10.3. The summed E-state index contributed by atoms with van der Waals surface area (Å²) in [4.78, 5) is 13.2. The van der Waals surface area contributed by atoms with E-state index in [1.54, 1.807) is 0 Å². The highest BCUT2D eigenvalue weighted by molar-refractivity contribution is 6.40. The quantitative estimate of drug-likeness (QED) is 0.318. The van der Waals surface area contributed by atoms with Gasteiger partial charge in [-0.1, -0.05) is 36.4 Å². The molecule has 0 aliphatic carbocycles. The minimum atomic E-state index is -0.624. The van der Waals surface area contributed by atoms with Gasteiger partial charge >= 0.3 is 0 Å². The fourth-order valence-electron chi connectivity index (χ4n) is 5.77. The van der Waals surface area contributed by atoms with E-state index in [0.29, 0.717) is 12.8 Å². The van der Waals surface area contributed by atoms with Crippen LogP contribution in [0.2, 0.25) is 0 Å². The summed E-state index contributed by atoms with van der Waals surface area (Å²) in [7, 11) is 0. The fourth-order valence-corrected chi connectivity index (χ4v) is 6.47. The molecule has 6 rings (SSSR count). The number of ketones is 1. The van der Waals surface area contributed by atoms with E-state index >= 15 is 0 Å². The van der Waals surface area contributed by atoms with Gasteiger partial charge in [-0.25, -0.2) is 0 Å². The van der Waals surface area contributed by atoms with Crippen molar-refractivity contribution < 1.29 is 4.79 Å². The molecule has 2 aliphatic rings. The monoisotopic (exact) mass is 464 g/mol. The molecule has 32 heavy (non-hydrogen) atoms. The molecule has 0 N–H and O–H groups in total. The molecule has 2 aromatic heterocycles. The van der Waals surface area contributed by atoms with E-state index < -0.39 is 10.8 Å². The van der Waals surface area contributed by atoms with E-state index in [1.165, 1.54) is 32.9 Å². The molecule has 4 aromatic rings. The lowest BCUT2D eigenvalue weighted by Gasteiger charge is -2.14. The molecule has 2 atom stereocenters. The van der Waals surface area contributed by atoms with Crippen molar-refractivity contribution in [2.45, 2.75) is 62.4 Å². The van der Waals surface area contributed by atoms with Crippen molar-refractivity contribution in [2.75, 3.05) is 0 Å². The van der Waals surface area contributed by atoms with Crippen LogP contribution in [0.4, 0.5) is 0 Å². The Morgan fingerprint density at radius 1 is 0.781 bits per heavy atom. The Hall–Kier alpha value is -2.23. The number of alkyl halides is 2. The third-order valence-electron chi connectivity index (χ3n) is 7.23. The SMILES string of the molecule is O=C(C(Cl)Cc1cn2c3c(cccc13)CCC2)C(Cl)Cc1cn2c3c(cccc13)CCC2. The maximum absolute atomic E-state index is 13.2. The van der Waals surface area contributed by atoms with Crippen molar-refractivity contribution in [3.63, 3.8) is 0 Å². The highest BCUT2D eigenvalue weighted by Gasteiger charge is 2.27. The second-order valence-electron chi connectivity index (χ2n) is 9.27. The highest BCUT2D eigenvalue weighted by Crippen LogP contribution is 2.33. The molecule has 5 heteroatoms. The van der Waals surface area contributed by atoms with E-state index in [0.717, 1.165) is 49.9 Å². The van der Waals surface area contributed by atoms with Crippen LogP contribution in [0.15, 0.2) is 48.8 Å². The Morgan fingerprint density at radius 2 is 1.25 bits per heavy atom. The van der Waals surface area contributed by atoms with Gasteiger partial charge in [-0.2, -0.15) is 0 Å². The Kier molecular flexibility index (Phi) is 5.07. The number of hydrogen-bond acceptors (Lipinski definition) is 1. The van der Waals surface area contributed by atoms with Crippen LogP contribution in [0.5, 0.6) is 0 Å². The topological polar surface area (TPSA) is 26.9 Å². The first-order valence-electron chi connectivity index (χ1n) is 11.6. The number of para-hydroxylation sites is 2. The van der Waals surface area contributed by atoms with Crippen molar-refractivity contribution in [1.29, 1.82) is 0 Å². The zero-order valence-corrected chi connectivity index (χ0v) is 19.5. The van der Waals surface area contributed by atoms with E-state index in [4.69, 9.17) is 23.2 Å². The second kappa shape index (κ2) is 7.97. The largest absolute Gasteiger partial charge is 0.347 e. The summed E-state index contributed by atoms with van der Waals surface area (Å²) in [5.74, 6) is -0.0767. The number of Topliss-reactive ketones (excluding diaryl/α,β-unsaturated/α-hetero) is 1. The predicted octanol–water partition coefficient (Wildman–Crippen LogP) is 6.06. The number of carbonyl (C=O) groups excluding carboxylic acids is 1. The number of aryl methyl sites for hydroxylation is 4. The maximum Gasteiger partial charge on any atom is 0.169 e. The van der Waals surface area contributed by atoms with Gasteiger partial charge in [-0.15, -0.1) is 23.2 Å². The van der Waals surface area contributed by atoms with Crippen LogP contribution in [0, 0.1) is 0 Å². The molecule has 2 unspecified atom stereocenters. The van der Waals surface area contributed by atoms with Crippen LogP contribution in [-0.4, -0.2) is 25.7 Å². The molecule has 2 aliphatic heterocycles. The number of nitrogens with zero attached hydrogens (tertiary/aromatic N) is 2. The summed E-state index contributed by atoms with van der Waals surface area (Å²) in [5, 5.41) is 1.20. The van der Waals surface area contributed by atoms with Crippen LogP contribution < -0.4 is 0 Å². The Labute approximate surface area is 197 Å². The van der Waals surface area contributed by atoms with Gasteiger partial charge in [-0.3, -0.25) is 4.79 Å². The Bertz CT molecular complexity index is 1250. The van der Waals surface area contributed by atoms with E-state index in [1.807, 2.05) is 0 Å². The van der Waals surface area contributed by atoms with Crippen molar-refractivity contribution in [1.82, 2.24) is 9.13 Å². The molecule has 2 aromatic carbocycles. The first-order valence-corrected chi connectivity index (χ1v) is 12.5. The lowest BCUT2D eigenvalue weighted by atomic mass is 9.98. The summed E-state index contributed by atoms with van der Waals surface area (Å²) < 4.78 is 4.65. The fraction of sp³-hybridized carbons (Fsp3) is 0.370. The average molecular weight is 465 g/mol. The van der Waals surface area contributed by atoms with Gasteiger partial charge in [0.25, 0.3) is 0 Å². The molecule has 164 valence electrons. The van der Waals surface area contributed by atoms with Crippen molar-refractivity contribution in [2.24, 2.45) is 0 Å².